The number of hydrogen-bond acceptors (Lipinski definition) is 1. The Labute approximate surface area is 109 Å². The second-order valence-electron chi connectivity index (χ2n) is 4.92. The van der Waals surface area contributed by atoms with Crippen LogP contribution in [0.15, 0.2) is 18.3 Å². The van der Waals surface area contributed by atoms with Gasteiger partial charge in [-0.1, -0.05) is 38.6 Å². The van der Waals surface area contributed by atoms with Gasteiger partial charge >= 0.3 is 21.1 Å². The van der Waals surface area contributed by atoms with Gasteiger partial charge in [0.15, 0.2) is 0 Å². The van der Waals surface area contributed by atoms with Crippen LogP contribution < -0.4 is 0 Å². The van der Waals surface area contributed by atoms with Gasteiger partial charge in [0.05, 0.1) is 0 Å². The molecule has 0 aromatic carbocycles. The minimum Gasteiger partial charge on any atom is -0.394 e. The van der Waals surface area contributed by atoms with Crippen LogP contribution in [0.2, 0.25) is 0 Å². The first-order chi connectivity index (χ1) is 6.34. The zero-order valence-electron chi connectivity index (χ0n) is 10.6. The van der Waals surface area contributed by atoms with E-state index in [9.17, 15) is 0 Å². The van der Waals surface area contributed by atoms with E-state index in [4.69, 9.17) is 0 Å². The van der Waals surface area contributed by atoms with Crippen LogP contribution in [0.5, 0.6) is 0 Å². The first-order valence-electron chi connectivity index (χ1n) is 4.93. The maximum Gasteiger partial charge on any atom is 2.00 e. The molecule has 0 radical (unpaired) electrons. The molecular formula is C13H21NW. The molecule has 0 amide bonds. The van der Waals surface area contributed by atoms with E-state index in [1.54, 1.807) is 6.20 Å². The van der Waals surface area contributed by atoms with E-state index in [1.165, 1.54) is 11.5 Å². The molecule has 0 bridgehead atoms. The average molecular weight is 375 g/mol. The van der Waals surface area contributed by atoms with E-state index in [1.807, 2.05) is 12.1 Å². The normalized spacial score (nSPS) is 10.1. The van der Waals surface area contributed by atoms with Crippen LogP contribution in [0.3, 0.4) is 0 Å². The van der Waals surface area contributed by atoms with Crippen LogP contribution >= 0.6 is 0 Å². The number of pyridine rings is 1. The van der Waals surface area contributed by atoms with E-state index < -0.39 is 0 Å². The third kappa shape index (κ3) is 10.1. The molecule has 15 heavy (non-hydrogen) atoms. The predicted molar refractivity (Wildman–Crippen MR) is 62.0 cm³/mol. The van der Waals surface area contributed by atoms with Crippen LogP contribution in [0, 0.1) is 12.1 Å². The molecule has 0 saturated heterocycles. The minimum atomic E-state index is 0. The maximum absolute atomic E-state index is 3.83. The fraction of sp³-hybridized carbons (Fsp3) is 0.538. The topological polar surface area (TPSA) is 12.9 Å². The van der Waals surface area contributed by atoms with Gasteiger partial charge in [-0.15, -0.1) is 5.56 Å². The zero-order chi connectivity index (χ0) is 11.2. The maximum atomic E-state index is 3.83. The Morgan fingerprint density at radius 3 is 1.87 bits per heavy atom. The van der Waals surface area contributed by atoms with Crippen molar-refractivity contribution in [1.29, 1.82) is 0 Å². The van der Waals surface area contributed by atoms with Crippen LogP contribution in [0.4, 0.5) is 0 Å². The summed E-state index contributed by atoms with van der Waals surface area (Å²) in [5.74, 6) is 1.42. The summed E-state index contributed by atoms with van der Waals surface area (Å²) in [6.07, 6.45) is 4.60. The molecular weight excluding hydrogens is 354 g/mol. The molecule has 1 rings (SSSR count). The van der Waals surface area contributed by atoms with Crippen molar-refractivity contribution in [2.45, 2.75) is 47.0 Å². The van der Waals surface area contributed by atoms with Crippen molar-refractivity contribution >= 4 is 0 Å². The quantitative estimate of drug-likeness (QED) is 0.629. The SMILES string of the molecule is CC(C)(C)c1c[c-]ncc1.C[C-](C)C.[W+2]. The summed E-state index contributed by atoms with van der Waals surface area (Å²) in [4.78, 5) is 3.83. The van der Waals surface area contributed by atoms with Gasteiger partial charge in [0.2, 0.25) is 0 Å². The molecule has 1 heterocycles. The fourth-order valence-corrected chi connectivity index (χ4v) is 0.782. The smallest absolute Gasteiger partial charge is 0.394 e. The van der Waals surface area contributed by atoms with E-state index in [2.05, 4.69) is 52.7 Å². The van der Waals surface area contributed by atoms with E-state index >= 15 is 0 Å². The predicted octanol–water partition coefficient (Wildman–Crippen LogP) is 3.80. The molecule has 0 fully saturated rings. The number of hydrogen-bond donors (Lipinski definition) is 0. The standard InChI is InChI=1S/C9H12N.C4H9.W/c1-9(2,3)8-4-6-10-7-5-8;1-4(2)3;/h4-6H,1-3H3;1-3H3;/q2*-1;+2. The summed E-state index contributed by atoms with van der Waals surface area (Å²) in [5, 5.41) is 0. The second-order valence-corrected chi connectivity index (χ2v) is 4.92. The Morgan fingerprint density at radius 2 is 1.67 bits per heavy atom. The van der Waals surface area contributed by atoms with E-state index in [-0.39, 0.29) is 26.5 Å². The third-order valence-electron chi connectivity index (χ3n) is 1.49. The summed E-state index contributed by atoms with van der Waals surface area (Å²) in [7, 11) is 0. The number of aromatic nitrogens is 1. The first-order valence-corrected chi connectivity index (χ1v) is 4.93. The summed E-state index contributed by atoms with van der Waals surface area (Å²) in [5.41, 5.74) is 1.50. The van der Waals surface area contributed by atoms with Crippen LogP contribution in [0.25, 0.3) is 0 Å². The molecule has 0 spiro atoms. The summed E-state index contributed by atoms with van der Waals surface area (Å²) in [6.45, 7) is 12.8. The van der Waals surface area contributed by atoms with Gasteiger partial charge in [-0.05, 0) is 0 Å². The molecule has 0 saturated carbocycles. The van der Waals surface area contributed by atoms with Crippen LogP contribution in [-0.2, 0) is 26.5 Å². The monoisotopic (exact) mass is 375 g/mol. The molecule has 1 aromatic rings. The van der Waals surface area contributed by atoms with E-state index in [0.29, 0.717) is 0 Å². The second kappa shape index (κ2) is 8.04. The largest absolute Gasteiger partial charge is 2.00 e. The summed E-state index contributed by atoms with van der Waals surface area (Å²) in [6, 6.07) is 3.95. The van der Waals surface area contributed by atoms with Gasteiger partial charge in [0.1, 0.15) is 0 Å². The van der Waals surface area contributed by atoms with Gasteiger partial charge in [-0.25, -0.2) is 0 Å². The van der Waals surface area contributed by atoms with Crippen molar-refractivity contribution in [3.05, 3.63) is 36.0 Å². The summed E-state index contributed by atoms with van der Waals surface area (Å²) < 4.78 is 0. The molecule has 84 valence electrons. The van der Waals surface area contributed by atoms with Crippen molar-refractivity contribution in [1.82, 2.24) is 4.98 Å². The number of rotatable bonds is 0. The summed E-state index contributed by atoms with van der Waals surface area (Å²) >= 11 is 0. The van der Waals surface area contributed by atoms with Crippen molar-refractivity contribution in [2.75, 3.05) is 0 Å². The zero-order valence-corrected chi connectivity index (χ0v) is 13.5. The Balaban J connectivity index is 0. The van der Waals surface area contributed by atoms with Crippen molar-refractivity contribution < 1.29 is 21.1 Å². The Morgan fingerprint density at radius 1 is 1.20 bits per heavy atom. The Kier molecular flexibility index (Phi) is 9.25. The van der Waals surface area contributed by atoms with Crippen molar-refractivity contribution in [2.24, 2.45) is 0 Å². The van der Waals surface area contributed by atoms with Gasteiger partial charge < -0.3 is 10.9 Å². The molecule has 0 N–H and O–H groups in total. The molecule has 0 atom stereocenters. The third-order valence-corrected chi connectivity index (χ3v) is 1.49. The number of nitrogens with zero attached hydrogens (tertiary/aromatic N) is 1. The molecule has 1 nitrogen and oxygen atoms in total. The fourth-order valence-electron chi connectivity index (χ4n) is 0.782. The molecule has 0 aliphatic heterocycles. The van der Waals surface area contributed by atoms with Crippen molar-refractivity contribution in [3.8, 4) is 0 Å². The van der Waals surface area contributed by atoms with Gasteiger partial charge in [-0.3, -0.25) is 0 Å². The van der Waals surface area contributed by atoms with Gasteiger partial charge in [-0.2, -0.15) is 32.9 Å². The van der Waals surface area contributed by atoms with Crippen molar-refractivity contribution in [3.63, 3.8) is 0 Å². The average Bonchev–Trinajstić information content (AvgIpc) is 2.03. The van der Waals surface area contributed by atoms with Gasteiger partial charge in [0.25, 0.3) is 0 Å². The van der Waals surface area contributed by atoms with E-state index in [0.717, 1.165) is 0 Å². The Bertz CT molecular complexity index is 234. The first kappa shape index (κ1) is 17.2. The van der Waals surface area contributed by atoms with Crippen LogP contribution in [-0.4, -0.2) is 4.98 Å². The molecule has 0 aliphatic carbocycles. The Hall–Kier alpha value is -0.162. The van der Waals surface area contributed by atoms with Crippen LogP contribution in [0.1, 0.15) is 47.1 Å². The molecule has 1 aromatic heterocycles. The minimum absolute atomic E-state index is 0. The molecule has 2 heteroatoms. The molecule has 0 aliphatic rings. The van der Waals surface area contributed by atoms with Gasteiger partial charge in [0, 0.05) is 0 Å². The molecule has 0 unspecified atom stereocenters.